The van der Waals surface area contributed by atoms with Gasteiger partial charge in [-0.05, 0) is 69.6 Å². The van der Waals surface area contributed by atoms with E-state index in [9.17, 15) is 4.79 Å². The fourth-order valence-electron chi connectivity index (χ4n) is 2.15. The van der Waals surface area contributed by atoms with Crippen molar-refractivity contribution in [2.75, 3.05) is 11.9 Å². The van der Waals surface area contributed by atoms with Crippen LogP contribution in [-0.4, -0.2) is 18.5 Å². The van der Waals surface area contributed by atoms with Crippen molar-refractivity contribution in [3.63, 3.8) is 0 Å². The molecule has 0 saturated heterocycles. The molecule has 1 amide bonds. The Balaban J connectivity index is 1.80. The van der Waals surface area contributed by atoms with Gasteiger partial charge in [-0.1, -0.05) is 12.8 Å². The molecule has 3 nitrogen and oxygen atoms in total. The van der Waals surface area contributed by atoms with E-state index in [0.29, 0.717) is 12.6 Å². The third kappa shape index (κ3) is 4.20. The van der Waals surface area contributed by atoms with Gasteiger partial charge in [0.1, 0.15) is 0 Å². The van der Waals surface area contributed by atoms with Gasteiger partial charge in [0.25, 0.3) is 0 Å². The van der Waals surface area contributed by atoms with Crippen molar-refractivity contribution >= 4 is 50.1 Å². The second kappa shape index (κ2) is 6.86. The molecule has 1 aliphatic rings. The van der Waals surface area contributed by atoms with Crippen LogP contribution >= 0.6 is 38.5 Å². The van der Waals surface area contributed by atoms with Crippen LogP contribution in [0, 0.1) is 3.57 Å². The highest BCUT2D eigenvalue weighted by Crippen LogP contribution is 2.22. The molecular weight excluding hydrogens is 407 g/mol. The SMILES string of the molecule is O=C(CNC1CCCC1)Nc1ccc(Br)c(I)c1. The van der Waals surface area contributed by atoms with E-state index >= 15 is 0 Å². The molecule has 2 rings (SSSR count). The fourth-order valence-corrected chi connectivity index (χ4v) is 2.91. The van der Waals surface area contributed by atoms with Crippen LogP contribution in [0.4, 0.5) is 5.69 Å². The largest absolute Gasteiger partial charge is 0.325 e. The number of nitrogens with one attached hydrogen (secondary N) is 2. The first kappa shape index (κ1) is 14.3. The molecule has 18 heavy (non-hydrogen) atoms. The van der Waals surface area contributed by atoms with E-state index in [1.54, 1.807) is 0 Å². The van der Waals surface area contributed by atoms with Crippen LogP contribution < -0.4 is 10.6 Å². The highest BCUT2D eigenvalue weighted by Gasteiger charge is 2.15. The average Bonchev–Trinajstić information content (AvgIpc) is 2.84. The molecule has 0 aromatic heterocycles. The molecule has 98 valence electrons. The smallest absolute Gasteiger partial charge is 0.238 e. The second-order valence-corrected chi connectivity index (χ2v) is 6.56. The van der Waals surface area contributed by atoms with E-state index in [-0.39, 0.29) is 5.91 Å². The average molecular weight is 423 g/mol. The number of halogens is 2. The molecule has 5 heteroatoms. The lowest BCUT2D eigenvalue weighted by atomic mass is 10.2. The third-order valence-electron chi connectivity index (χ3n) is 3.11. The summed E-state index contributed by atoms with van der Waals surface area (Å²) >= 11 is 5.67. The number of benzene rings is 1. The quantitative estimate of drug-likeness (QED) is 0.729. The van der Waals surface area contributed by atoms with Crippen molar-refractivity contribution in [1.82, 2.24) is 5.32 Å². The van der Waals surface area contributed by atoms with Crippen LogP contribution in [-0.2, 0) is 4.79 Å². The molecule has 0 spiro atoms. The molecular formula is C13H16BrIN2O. The normalized spacial score (nSPS) is 15.9. The van der Waals surface area contributed by atoms with E-state index in [0.717, 1.165) is 13.7 Å². The van der Waals surface area contributed by atoms with Gasteiger partial charge in [0, 0.05) is 19.8 Å². The van der Waals surface area contributed by atoms with Gasteiger partial charge < -0.3 is 10.6 Å². The van der Waals surface area contributed by atoms with E-state index in [2.05, 4.69) is 49.2 Å². The van der Waals surface area contributed by atoms with Crippen molar-refractivity contribution < 1.29 is 4.79 Å². The number of anilines is 1. The summed E-state index contributed by atoms with van der Waals surface area (Å²) in [6, 6.07) is 6.33. The van der Waals surface area contributed by atoms with Crippen LogP contribution in [0.1, 0.15) is 25.7 Å². The lowest BCUT2D eigenvalue weighted by Gasteiger charge is -2.12. The van der Waals surface area contributed by atoms with Crippen molar-refractivity contribution in [3.8, 4) is 0 Å². The van der Waals surface area contributed by atoms with Crippen molar-refractivity contribution in [3.05, 3.63) is 26.2 Å². The molecule has 0 heterocycles. The molecule has 1 saturated carbocycles. The Bertz CT molecular complexity index is 433. The van der Waals surface area contributed by atoms with Crippen molar-refractivity contribution in [1.29, 1.82) is 0 Å². The third-order valence-corrected chi connectivity index (χ3v) is 5.44. The molecule has 1 aromatic carbocycles. The number of amides is 1. The topological polar surface area (TPSA) is 41.1 Å². The molecule has 1 aromatic rings. The highest BCUT2D eigenvalue weighted by atomic mass is 127. The Morgan fingerprint density at radius 3 is 2.78 bits per heavy atom. The summed E-state index contributed by atoms with van der Waals surface area (Å²) in [4.78, 5) is 11.8. The zero-order valence-corrected chi connectivity index (χ0v) is 13.8. The summed E-state index contributed by atoms with van der Waals surface area (Å²) in [6.07, 6.45) is 4.96. The maximum atomic E-state index is 11.8. The Hall–Kier alpha value is -0.140. The van der Waals surface area contributed by atoms with Gasteiger partial charge in [0.15, 0.2) is 0 Å². The van der Waals surface area contributed by atoms with Crippen LogP contribution in [0.3, 0.4) is 0 Å². The van der Waals surface area contributed by atoms with Gasteiger partial charge in [-0.15, -0.1) is 0 Å². The van der Waals surface area contributed by atoms with Gasteiger partial charge >= 0.3 is 0 Å². The van der Waals surface area contributed by atoms with Gasteiger partial charge in [-0.25, -0.2) is 0 Å². The molecule has 1 aliphatic carbocycles. The van der Waals surface area contributed by atoms with E-state index < -0.39 is 0 Å². The molecule has 0 bridgehead atoms. The number of hydrogen-bond donors (Lipinski definition) is 2. The Morgan fingerprint density at radius 2 is 2.11 bits per heavy atom. The lowest BCUT2D eigenvalue weighted by molar-refractivity contribution is -0.115. The summed E-state index contributed by atoms with van der Waals surface area (Å²) in [6.45, 7) is 0.400. The predicted molar refractivity (Wildman–Crippen MR) is 85.7 cm³/mol. The molecule has 0 unspecified atom stereocenters. The van der Waals surface area contributed by atoms with Crippen LogP contribution in [0.2, 0.25) is 0 Å². The van der Waals surface area contributed by atoms with Crippen molar-refractivity contribution in [2.24, 2.45) is 0 Å². The molecule has 0 aliphatic heterocycles. The number of carbonyl (C=O) groups is 1. The summed E-state index contributed by atoms with van der Waals surface area (Å²) in [5.41, 5.74) is 0.848. The van der Waals surface area contributed by atoms with Crippen LogP contribution in [0.25, 0.3) is 0 Å². The predicted octanol–water partition coefficient (Wildman–Crippen LogP) is 3.52. The zero-order chi connectivity index (χ0) is 13.0. The van der Waals surface area contributed by atoms with E-state index in [1.807, 2.05) is 18.2 Å². The molecule has 2 N–H and O–H groups in total. The maximum absolute atomic E-state index is 11.8. The second-order valence-electron chi connectivity index (χ2n) is 4.54. The Morgan fingerprint density at radius 1 is 1.39 bits per heavy atom. The minimum Gasteiger partial charge on any atom is -0.325 e. The Labute approximate surface area is 129 Å². The Kier molecular flexibility index (Phi) is 5.44. The maximum Gasteiger partial charge on any atom is 0.238 e. The summed E-state index contributed by atoms with van der Waals surface area (Å²) < 4.78 is 2.14. The van der Waals surface area contributed by atoms with Gasteiger partial charge in [-0.3, -0.25) is 4.79 Å². The zero-order valence-electron chi connectivity index (χ0n) is 10.0. The first-order valence-electron chi connectivity index (χ1n) is 6.13. The van der Waals surface area contributed by atoms with Crippen molar-refractivity contribution in [2.45, 2.75) is 31.7 Å². The van der Waals surface area contributed by atoms with Crippen LogP contribution in [0.5, 0.6) is 0 Å². The van der Waals surface area contributed by atoms with Gasteiger partial charge in [0.2, 0.25) is 5.91 Å². The number of hydrogen-bond acceptors (Lipinski definition) is 2. The summed E-state index contributed by atoms with van der Waals surface area (Å²) in [5, 5.41) is 6.21. The molecule has 0 radical (unpaired) electrons. The monoisotopic (exact) mass is 422 g/mol. The first-order valence-corrected chi connectivity index (χ1v) is 8.00. The molecule has 0 atom stereocenters. The summed E-state index contributed by atoms with van der Waals surface area (Å²) in [7, 11) is 0. The van der Waals surface area contributed by atoms with E-state index in [1.165, 1.54) is 25.7 Å². The molecule has 1 fully saturated rings. The standard InChI is InChI=1S/C13H16BrIN2O/c14-11-6-5-10(7-12(11)15)17-13(18)8-16-9-3-1-2-4-9/h5-7,9,16H,1-4,8H2,(H,17,18). The van der Waals surface area contributed by atoms with Gasteiger partial charge in [-0.2, -0.15) is 0 Å². The summed E-state index contributed by atoms with van der Waals surface area (Å²) in [5.74, 6) is 0.0278. The highest BCUT2D eigenvalue weighted by molar-refractivity contribution is 14.1. The number of rotatable bonds is 4. The van der Waals surface area contributed by atoms with Gasteiger partial charge in [0.05, 0.1) is 6.54 Å². The van der Waals surface area contributed by atoms with Crippen LogP contribution in [0.15, 0.2) is 22.7 Å². The minimum absolute atomic E-state index is 0.0278. The first-order chi connectivity index (χ1) is 8.65. The minimum atomic E-state index is 0.0278. The fraction of sp³-hybridized carbons (Fsp3) is 0.462. The van der Waals surface area contributed by atoms with E-state index in [4.69, 9.17) is 0 Å². The number of carbonyl (C=O) groups excluding carboxylic acids is 1. The lowest BCUT2D eigenvalue weighted by Crippen LogP contribution is -2.34.